The Morgan fingerprint density at radius 2 is 1.71 bits per heavy atom. The summed E-state index contributed by atoms with van der Waals surface area (Å²) in [4.78, 5) is 24.3. The average Bonchev–Trinajstić information content (AvgIpc) is 2.86. The van der Waals surface area contributed by atoms with Gasteiger partial charge in [-0.05, 0) is 85.9 Å². The SMILES string of the molecule is CC(=O)[C@H]1CCC2C3CCC4(C)CC(=O)CC[C@]4(C)C3CC[C@@]21C. The molecule has 0 N–H and O–H groups in total. The first kappa shape index (κ1) is 16.8. The number of carbonyl (C=O) groups excluding carboxylic acids is 2. The molecule has 7 atom stereocenters. The van der Waals surface area contributed by atoms with Crippen LogP contribution in [0.5, 0.6) is 0 Å². The van der Waals surface area contributed by atoms with Crippen LogP contribution >= 0.6 is 0 Å². The van der Waals surface area contributed by atoms with E-state index in [2.05, 4.69) is 20.8 Å². The molecule has 0 radical (unpaired) electrons. The molecule has 0 spiro atoms. The van der Waals surface area contributed by atoms with Crippen LogP contribution in [-0.4, -0.2) is 11.6 Å². The van der Waals surface area contributed by atoms with Gasteiger partial charge in [0.1, 0.15) is 11.6 Å². The summed E-state index contributed by atoms with van der Waals surface area (Å²) in [5.74, 6) is 3.52. The highest BCUT2D eigenvalue weighted by Gasteiger charge is 2.63. The molecule has 134 valence electrons. The Kier molecular flexibility index (Phi) is 3.62. The van der Waals surface area contributed by atoms with Crippen LogP contribution in [0.3, 0.4) is 0 Å². The zero-order valence-corrected chi connectivity index (χ0v) is 16.0. The van der Waals surface area contributed by atoms with Crippen molar-refractivity contribution < 1.29 is 9.59 Å². The second-order valence-electron chi connectivity index (χ2n) is 10.4. The molecular weight excluding hydrogens is 296 g/mol. The van der Waals surface area contributed by atoms with Crippen LogP contribution < -0.4 is 0 Å². The number of rotatable bonds is 1. The minimum Gasteiger partial charge on any atom is -0.300 e. The third-order valence-corrected chi connectivity index (χ3v) is 9.66. The van der Waals surface area contributed by atoms with E-state index in [-0.39, 0.29) is 10.8 Å². The van der Waals surface area contributed by atoms with E-state index >= 15 is 0 Å². The Morgan fingerprint density at radius 1 is 0.958 bits per heavy atom. The van der Waals surface area contributed by atoms with Crippen molar-refractivity contribution in [1.82, 2.24) is 0 Å². The summed E-state index contributed by atoms with van der Waals surface area (Å²) in [6.45, 7) is 9.15. The molecule has 0 aromatic heterocycles. The molecule has 4 unspecified atom stereocenters. The maximum absolute atomic E-state index is 12.2. The molecular formula is C22H34O2. The van der Waals surface area contributed by atoms with E-state index < -0.39 is 0 Å². The topological polar surface area (TPSA) is 34.1 Å². The second kappa shape index (κ2) is 5.17. The highest BCUT2D eigenvalue weighted by Crippen LogP contribution is 2.70. The predicted octanol–water partition coefficient (Wildman–Crippen LogP) is 5.19. The maximum atomic E-state index is 12.2. The smallest absolute Gasteiger partial charge is 0.133 e. The largest absolute Gasteiger partial charge is 0.300 e. The summed E-state index contributed by atoms with van der Waals surface area (Å²) in [5, 5.41) is 0. The molecule has 2 heteroatoms. The zero-order chi connectivity index (χ0) is 17.3. The van der Waals surface area contributed by atoms with Crippen LogP contribution in [0.15, 0.2) is 0 Å². The summed E-state index contributed by atoms with van der Waals surface area (Å²) in [5.41, 5.74) is 0.802. The van der Waals surface area contributed by atoms with Crippen molar-refractivity contribution in [3.63, 3.8) is 0 Å². The lowest BCUT2D eigenvalue weighted by molar-refractivity contribution is -0.164. The molecule has 2 nitrogen and oxygen atoms in total. The first-order valence-electron chi connectivity index (χ1n) is 10.2. The van der Waals surface area contributed by atoms with Crippen LogP contribution in [0.4, 0.5) is 0 Å². The molecule has 0 bridgehead atoms. The van der Waals surface area contributed by atoms with Crippen molar-refractivity contribution in [2.24, 2.45) is 39.9 Å². The first-order valence-corrected chi connectivity index (χ1v) is 10.2. The summed E-state index contributed by atoms with van der Waals surface area (Å²) in [6.07, 6.45) is 10.1. The Labute approximate surface area is 147 Å². The molecule has 4 aliphatic rings. The van der Waals surface area contributed by atoms with Gasteiger partial charge in [-0.25, -0.2) is 0 Å². The lowest BCUT2D eigenvalue weighted by Crippen LogP contribution is -2.57. The molecule has 4 rings (SSSR count). The first-order chi connectivity index (χ1) is 11.2. The minimum absolute atomic E-state index is 0.218. The summed E-state index contributed by atoms with van der Waals surface area (Å²) in [7, 11) is 0. The number of fused-ring (bicyclic) bond motifs is 5. The Hall–Kier alpha value is -0.660. The molecule has 0 amide bonds. The van der Waals surface area contributed by atoms with Gasteiger partial charge >= 0.3 is 0 Å². The fraction of sp³-hybridized carbons (Fsp3) is 0.909. The molecule has 0 heterocycles. The van der Waals surface area contributed by atoms with Crippen molar-refractivity contribution in [1.29, 1.82) is 0 Å². The maximum Gasteiger partial charge on any atom is 0.133 e. The van der Waals surface area contributed by atoms with Crippen LogP contribution in [0, 0.1) is 39.9 Å². The number of Topliss-reactive ketones (excluding diaryl/α,β-unsaturated/α-hetero) is 2. The van der Waals surface area contributed by atoms with Crippen LogP contribution in [-0.2, 0) is 9.59 Å². The molecule has 0 aromatic rings. The van der Waals surface area contributed by atoms with Gasteiger partial charge in [0, 0.05) is 18.8 Å². The van der Waals surface area contributed by atoms with E-state index in [1.807, 2.05) is 6.92 Å². The van der Waals surface area contributed by atoms with Crippen LogP contribution in [0.2, 0.25) is 0 Å². The lowest BCUT2D eigenvalue weighted by atomic mass is 9.40. The van der Waals surface area contributed by atoms with Crippen LogP contribution in [0.25, 0.3) is 0 Å². The zero-order valence-electron chi connectivity index (χ0n) is 16.0. The summed E-state index contributed by atoms with van der Waals surface area (Å²) in [6, 6.07) is 0. The molecule has 0 aromatic carbocycles. The Balaban J connectivity index is 1.66. The van der Waals surface area contributed by atoms with Crippen molar-refractivity contribution in [3.05, 3.63) is 0 Å². The van der Waals surface area contributed by atoms with E-state index in [0.717, 1.165) is 43.4 Å². The number of ketones is 2. The molecule has 4 saturated carbocycles. The molecule has 24 heavy (non-hydrogen) atoms. The summed E-state index contributed by atoms with van der Waals surface area (Å²) >= 11 is 0. The Morgan fingerprint density at radius 3 is 2.42 bits per heavy atom. The van der Waals surface area contributed by atoms with E-state index in [4.69, 9.17) is 0 Å². The van der Waals surface area contributed by atoms with Crippen molar-refractivity contribution >= 4 is 11.6 Å². The number of hydrogen-bond acceptors (Lipinski definition) is 2. The quantitative estimate of drug-likeness (QED) is 0.662. The third kappa shape index (κ3) is 2.01. The van der Waals surface area contributed by atoms with Gasteiger partial charge < -0.3 is 0 Å². The fourth-order valence-corrected chi connectivity index (χ4v) is 8.07. The van der Waals surface area contributed by atoms with Crippen molar-refractivity contribution in [3.8, 4) is 0 Å². The van der Waals surface area contributed by atoms with Gasteiger partial charge in [-0.1, -0.05) is 20.8 Å². The van der Waals surface area contributed by atoms with E-state index in [1.165, 1.54) is 32.1 Å². The normalized spacial score (nSPS) is 53.9. The van der Waals surface area contributed by atoms with Gasteiger partial charge in [-0.15, -0.1) is 0 Å². The van der Waals surface area contributed by atoms with E-state index in [1.54, 1.807) is 0 Å². The molecule has 4 aliphatic carbocycles. The van der Waals surface area contributed by atoms with Gasteiger partial charge in [-0.3, -0.25) is 9.59 Å². The van der Waals surface area contributed by atoms with Crippen molar-refractivity contribution in [2.45, 2.75) is 85.5 Å². The van der Waals surface area contributed by atoms with E-state index in [0.29, 0.717) is 22.9 Å². The second-order valence-corrected chi connectivity index (χ2v) is 10.4. The molecule has 0 saturated heterocycles. The minimum atomic E-state index is 0.218. The fourth-order valence-electron chi connectivity index (χ4n) is 8.07. The van der Waals surface area contributed by atoms with Gasteiger partial charge in [0.05, 0.1) is 0 Å². The van der Waals surface area contributed by atoms with Gasteiger partial charge in [0.2, 0.25) is 0 Å². The number of carbonyl (C=O) groups is 2. The lowest BCUT2D eigenvalue weighted by Gasteiger charge is -2.64. The van der Waals surface area contributed by atoms with E-state index in [9.17, 15) is 9.59 Å². The monoisotopic (exact) mass is 330 g/mol. The highest BCUT2D eigenvalue weighted by molar-refractivity contribution is 5.80. The van der Waals surface area contributed by atoms with Gasteiger partial charge in [0.25, 0.3) is 0 Å². The third-order valence-electron chi connectivity index (χ3n) is 9.66. The standard InChI is InChI=1S/C22H34O2/c1-14(23)17-5-6-18-16-8-10-20(2)13-15(24)7-12-22(20,4)19(16)9-11-21(17,18)3/h16-19H,5-13H2,1-4H3/t16?,17-,18?,19?,20?,21-,22-/m1/s1. The predicted molar refractivity (Wildman–Crippen MR) is 95.5 cm³/mol. The summed E-state index contributed by atoms with van der Waals surface area (Å²) < 4.78 is 0. The highest BCUT2D eigenvalue weighted by atomic mass is 16.1. The van der Waals surface area contributed by atoms with Crippen molar-refractivity contribution in [2.75, 3.05) is 0 Å². The average molecular weight is 331 g/mol. The van der Waals surface area contributed by atoms with Gasteiger partial charge in [0.15, 0.2) is 0 Å². The molecule has 0 aliphatic heterocycles. The Bertz CT molecular complexity index is 581. The number of hydrogen-bond donors (Lipinski definition) is 0. The molecule has 4 fully saturated rings. The van der Waals surface area contributed by atoms with Gasteiger partial charge in [-0.2, -0.15) is 0 Å². The van der Waals surface area contributed by atoms with Crippen LogP contribution in [0.1, 0.15) is 85.5 Å².